The van der Waals surface area contributed by atoms with Crippen LogP contribution in [0, 0.1) is 5.92 Å². The first-order valence-electron chi connectivity index (χ1n) is 8.26. The van der Waals surface area contributed by atoms with Crippen LogP contribution in [-0.4, -0.2) is 35.3 Å². The van der Waals surface area contributed by atoms with Crippen molar-refractivity contribution in [3.63, 3.8) is 0 Å². The number of nitrogens with one attached hydrogen (secondary N) is 1. The molecule has 1 N–H and O–H groups in total. The Hall–Kier alpha value is -2.05. The minimum Gasteiger partial charge on any atom is -0.333 e. The number of carbonyl (C=O) groups excluding carboxylic acids is 2. The zero-order chi connectivity index (χ0) is 18.8. The number of nitrogens with zero attached hydrogens (tertiary/aromatic N) is 1. The molecule has 0 spiro atoms. The second-order valence-electron chi connectivity index (χ2n) is 7.40. The Morgan fingerprint density at radius 1 is 1.12 bits per heavy atom. The quantitative estimate of drug-likeness (QED) is 0.811. The number of urea groups is 1. The van der Waals surface area contributed by atoms with E-state index in [9.17, 15) is 22.8 Å². The van der Waals surface area contributed by atoms with Crippen molar-refractivity contribution < 1.29 is 22.8 Å². The zero-order valence-corrected chi connectivity index (χ0v) is 14.6. The van der Waals surface area contributed by atoms with Gasteiger partial charge in [-0.1, -0.05) is 12.1 Å². The van der Waals surface area contributed by atoms with Gasteiger partial charge >= 0.3 is 12.2 Å². The van der Waals surface area contributed by atoms with E-state index in [2.05, 4.69) is 5.32 Å². The fourth-order valence-corrected chi connectivity index (χ4v) is 2.83. The summed E-state index contributed by atoms with van der Waals surface area (Å²) in [5, 5.41) is 2.86. The summed E-state index contributed by atoms with van der Waals surface area (Å²) in [7, 11) is 0. The van der Waals surface area contributed by atoms with Crippen LogP contribution >= 0.6 is 0 Å². The van der Waals surface area contributed by atoms with Gasteiger partial charge in [0.25, 0.3) is 0 Å². The summed E-state index contributed by atoms with van der Waals surface area (Å²) in [5.74, 6) is -0.613. The van der Waals surface area contributed by atoms with Gasteiger partial charge in [0.15, 0.2) is 5.78 Å². The Labute approximate surface area is 145 Å². The summed E-state index contributed by atoms with van der Waals surface area (Å²) < 4.78 is 37.8. The van der Waals surface area contributed by atoms with Gasteiger partial charge in [-0.3, -0.25) is 4.79 Å². The van der Waals surface area contributed by atoms with Gasteiger partial charge in [0.1, 0.15) is 0 Å². The Balaban J connectivity index is 2.05. The van der Waals surface area contributed by atoms with Crippen LogP contribution < -0.4 is 5.32 Å². The van der Waals surface area contributed by atoms with E-state index in [1.54, 1.807) is 4.90 Å². The number of halogens is 3. The molecule has 1 aliphatic heterocycles. The lowest BCUT2D eigenvalue weighted by atomic mass is 9.89. The van der Waals surface area contributed by atoms with Gasteiger partial charge in [-0.15, -0.1) is 0 Å². The SMILES string of the molecule is CC(C)(C)NC(=O)N1CCC[C@@H](C(=O)c2ccc(C(F)(F)F)cc2)C1. The van der Waals surface area contributed by atoms with Crippen molar-refractivity contribution in [1.82, 2.24) is 10.2 Å². The lowest BCUT2D eigenvalue weighted by Crippen LogP contribution is -2.52. The van der Waals surface area contributed by atoms with Crippen molar-refractivity contribution >= 4 is 11.8 Å². The molecule has 7 heteroatoms. The normalized spacial score (nSPS) is 18.8. The van der Waals surface area contributed by atoms with E-state index in [0.29, 0.717) is 19.4 Å². The summed E-state index contributed by atoms with van der Waals surface area (Å²) >= 11 is 0. The average Bonchev–Trinajstić information content (AvgIpc) is 2.52. The summed E-state index contributed by atoms with van der Waals surface area (Å²) in [6, 6.07) is 4.02. The van der Waals surface area contributed by atoms with Gasteiger partial charge in [0.05, 0.1) is 5.56 Å². The first-order valence-corrected chi connectivity index (χ1v) is 8.26. The Kier molecular flexibility index (Phi) is 5.44. The number of amides is 2. The van der Waals surface area contributed by atoms with Crippen molar-refractivity contribution in [1.29, 1.82) is 0 Å². The molecular formula is C18H23F3N2O2. The molecule has 1 aromatic carbocycles. The molecule has 1 aromatic rings. The number of ketones is 1. The largest absolute Gasteiger partial charge is 0.416 e. The van der Waals surface area contributed by atoms with Crippen LogP contribution in [0.4, 0.5) is 18.0 Å². The molecule has 138 valence electrons. The lowest BCUT2D eigenvalue weighted by Gasteiger charge is -2.34. The van der Waals surface area contributed by atoms with Crippen LogP contribution in [0.3, 0.4) is 0 Å². The molecule has 1 fully saturated rings. The average molecular weight is 356 g/mol. The maximum absolute atomic E-state index is 12.6. The van der Waals surface area contributed by atoms with Crippen molar-refractivity contribution in [2.75, 3.05) is 13.1 Å². The predicted octanol–water partition coefficient (Wildman–Crippen LogP) is 4.11. The molecule has 1 aliphatic rings. The number of hydrogen-bond acceptors (Lipinski definition) is 2. The van der Waals surface area contributed by atoms with Crippen LogP contribution in [0.5, 0.6) is 0 Å². The second-order valence-corrected chi connectivity index (χ2v) is 7.40. The Morgan fingerprint density at radius 3 is 2.24 bits per heavy atom. The van der Waals surface area contributed by atoms with Crippen molar-refractivity contribution in [3.8, 4) is 0 Å². The topological polar surface area (TPSA) is 49.4 Å². The standard InChI is InChI=1S/C18H23F3N2O2/c1-17(2,3)22-16(25)23-10-4-5-13(11-23)15(24)12-6-8-14(9-7-12)18(19,20)21/h6-9,13H,4-5,10-11H2,1-3H3,(H,22,25)/t13-/m1/s1. The maximum atomic E-state index is 12.6. The molecule has 1 heterocycles. The van der Waals surface area contributed by atoms with E-state index >= 15 is 0 Å². The highest BCUT2D eigenvalue weighted by molar-refractivity contribution is 5.98. The van der Waals surface area contributed by atoms with Gasteiger partial charge in [-0.05, 0) is 45.7 Å². The number of Topliss-reactive ketones (excluding diaryl/α,β-unsaturated/α-hetero) is 1. The summed E-state index contributed by atoms with van der Waals surface area (Å²) in [6.45, 7) is 6.47. The molecule has 25 heavy (non-hydrogen) atoms. The number of likely N-dealkylation sites (tertiary alicyclic amines) is 1. The minimum absolute atomic E-state index is 0.220. The van der Waals surface area contributed by atoms with Gasteiger partial charge in [0, 0.05) is 30.1 Å². The highest BCUT2D eigenvalue weighted by Crippen LogP contribution is 2.30. The molecule has 0 aromatic heterocycles. The minimum atomic E-state index is -4.42. The number of hydrogen-bond donors (Lipinski definition) is 1. The molecule has 0 saturated carbocycles. The van der Waals surface area contributed by atoms with Crippen LogP contribution in [0.2, 0.25) is 0 Å². The number of rotatable bonds is 2. The second kappa shape index (κ2) is 7.06. The number of benzene rings is 1. The van der Waals surface area contributed by atoms with Crippen LogP contribution in [0.15, 0.2) is 24.3 Å². The monoisotopic (exact) mass is 356 g/mol. The molecular weight excluding hydrogens is 333 g/mol. The summed E-state index contributed by atoms with van der Waals surface area (Å²) in [6.07, 6.45) is -3.11. The molecule has 2 rings (SSSR count). The van der Waals surface area contributed by atoms with Crippen molar-refractivity contribution in [2.45, 2.75) is 45.3 Å². The molecule has 0 radical (unpaired) electrons. The van der Waals surface area contributed by atoms with E-state index < -0.39 is 17.7 Å². The van der Waals surface area contributed by atoms with Crippen molar-refractivity contribution in [3.05, 3.63) is 35.4 Å². The van der Waals surface area contributed by atoms with Crippen LogP contribution in [0.25, 0.3) is 0 Å². The Bertz CT molecular complexity index is 633. The number of alkyl halides is 3. The smallest absolute Gasteiger partial charge is 0.333 e. The van der Waals surface area contributed by atoms with Gasteiger partial charge < -0.3 is 10.2 Å². The zero-order valence-electron chi connectivity index (χ0n) is 14.6. The van der Waals surface area contributed by atoms with E-state index in [1.165, 1.54) is 12.1 Å². The highest BCUT2D eigenvalue weighted by atomic mass is 19.4. The number of piperidine rings is 1. The third-order valence-electron chi connectivity index (χ3n) is 4.06. The third-order valence-corrected chi connectivity index (χ3v) is 4.06. The fourth-order valence-electron chi connectivity index (χ4n) is 2.83. The molecule has 1 atom stereocenters. The maximum Gasteiger partial charge on any atom is 0.416 e. The van der Waals surface area contributed by atoms with Gasteiger partial charge in [-0.25, -0.2) is 4.79 Å². The van der Waals surface area contributed by atoms with Gasteiger partial charge in [-0.2, -0.15) is 13.2 Å². The fraction of sp³-hybridized carbons (Fsp3) is 0.556. The highest BCUT2D eigenvalue weighted by Gasteiger charge is 2.32. The molecule has 0 aliphatic carbocycles. The van der Waals surface area contributed by atoms with Gasteiger partial charge in [0.2, 0.25) is 0 Å². The van der Waals surface area contributed by atoms with E-state index in [-0.39, 0.29) is 29.5 Å². The first kappa shape index (κ1) is 19.3. The van der Waals surface area contributed by atoms with Crippen LogP contribution in [0.1, 0.15) is 49.5 Å². The van der Waals surface area contributed by atoms with Crippen LogP contribution in [-0.2, 0) is 6.18 Å². The van der Waals surface area contributed by atoms with E-state index in [0.717, 1.165) is 12.1 Å². The summed E-state index contributed by atoms with van der Waals surface area (Å²) in [4.78, 5) is 26.4. The number of carbonyl (C=O) groups is 2. The molecule has 2 amide bonds. The molecule has 1 saturated heterocycles. The first-order chi connectivity index (χ1) is 11.5. The molecule has 0 unspecified atom stereocenters. The van der Waals surface area contributed by atoms with E-state index in [1.807, 2.05) is 20.8 Å². The van der Waals surface area contributed by atoms with Crippen molar-refractivity contribution in [2.24, 2.45) is 5.92 Å². The predicted molar refractivity (Wildman–Crippen MR) is 88.4 cm³/mol. The van der Waals surface area contributed by atoms with E-state index in [4.69, 9.17) is 0 Å². The third kappa shape index (κ3) is 5.21. The summed E-state index contributed by atoms with van der Waals surface area (Å²) in [5.41, 5.74) is -0.906. The Morgan fingerprint density at radius 2 is 1.72 bits per heavy atom. The lowest BCUT2D eigenvalue weighted by molar-refractivity contribution is -0.137. The molecule has 0 bridgehead atoms. The molecule has 4 nitrogen and oxygen atoms in total.